The van der Waals surface area contributed by atoms with Crippen LogP contribution < -0.4 is 5.32 Å². The molecule has 0 aliphatic carbocycles. The number of hydrogen-bond donors (Lipinski definition) is 1. The molecule has 0 aliphatic rings. The smallest absolute Gasteiger partial charge is 0.172 e. The van der Waals surface area contributed by atoms with E-state index in [0.29, 0.717) is 5.92 Å². The molecule has 0 unspecified atom stereocenters. The van der Waals surface area contributed by atoms with Crippen molar-refractivity contribution in [1.82, 2.24) is 9.97 Å². The van der Waals surface area contributed by atoms with Crippen LogP contribution in [0.3, 0.4) is 0 Å². The Hall–Kier alpha value is 0.0200. The highest BCUT2D eigenvalue weighted by Gasteiger charge is 2.17. The maximum absolute atomic E-state index is 4.74. The molecule has 3 nitrogen and oxygen atoms in total. The van der Waals surface area contributed by atoms with Crippen molar-refractivity contribution in [3.05, 3.63) is 24.5 Å². The van der Waals surface area contributed by atoms with Gasteiger partial charge in [-0.05, 0) is 66.2 Å². The molecule has 0 amide bonds. The standard InChI is InChI=1S/C14H16Br3N3S/c1-4-5-18-14-10(16)11(7(2)3)19-13(20-14)9-6-8(15)12(17)21-9/h6-7H,4-5H2,1-3H3,(H,18,19,20). The molecule has 114 valence electrons. The van der Waals surface area contributed by atoms with Crippen LogP contribution in [-0.2, 0) is 0 Å². The van der Waals surface area contributed by atoms with E-state index in [4.69, 9.17) is 4.98 Å². The molecule has 0 atom stereocenters. The predicted molar refractivity (Wildman–Crippen MR) is 101 cm³/mol. The Morgan fingerprint density at radius 1 is 1.24 bits per heavy atom. The minimum atomic E-state index is 0.329. The van der Waals surface area contributed by atoms with Crippen LogP contribution in [0.15, 0.2) is 18.8 Å². The minimum Gasteiger partial charge on any atom is -0.369 e. The highest BCUT2D eigenvalue weighted by atomic mass is 79.9. The van der Waals surface area contributed by atoms with E-state index in [9.17, 15) is 0 Å². The van der Waals surface area contributed by atoms with Gasteiger partial charge < -0.3 is 5.32 Å². The normalized spacial score (nSPS) is 11.2. The topological polar surface area (TPSA) is 37.8 Å². The van der Waals surface area contributed by atoms with Crippen LogP contribution in [0.2, 0.25) is 0 Å². The van der Waals surface area contributed by atoms with Gasteiger partial charge in [-0.2, -0.15) is 0 Å². The van der Waals surface area contributed by atoms with Crippen molar-refractivity contribution in [2.45, 2.75) is 33.1 Å². The van der Waals surface area contributed by atoms with E-state index in [0.717, 1.165) is 47.9 Å². The summed E-state index contributed by atoms with van der Waals surface area (Å²) in [7, 11) is 0. The molecule has 2 heterocycles. The van der Waals surface area contributed by atoms with Gasteiger partial charge >= 0.3 is 0 Å². The molecular weight excluding hydrogens is 482 g/mol. The Balaban J connectivity index is 2.52. The van der Waals surface area contributed by atoms with Gasteiger partial charge in [0.1, 0.15) is 5.82 Å². The quantitative estimate of drug-likeness (QED) is 0.516. The zero-order valence-corrected chi connectivity index (χ0v) is 17.6. The van der Waals surface area contributed by atoms with Gasteiger partial charge in [-0.25, -0.2) is 9.97 Å². The lowest BCUT2D eigenvalue weighted by Gasteiger charge is -2.14. The Bertz CT molecular complexity index is 621. The van der Waals surface area contributed by atoms with E-state index in [2.05, 4.69) is 78.9 Å². The van der Waals surface area contributed by atoms with Crippen molar-refractivity contribution in [3.8, 4) is 10.7 Å². The fraction of sp³-hybridized carbons (Fsp3) is 0.429. The number of rotatable bonds is 5. The molecule has 2 rings (SSSR count). The summed E-state index contributed by atoms with van der Waals surface area (Å²) >= 11 is 12.3. The van der Waals surface area contributed by atoms with Crippen LogP contribution in [-0.4, -0.2) is 16.5 Å². The van der Waals surface area contributed by atoms with Gasteiger partial charge in [0.2, 0.25) is 0 Å². The summed E-state index contributed by atoms with van der Waals surface area (Å²) < 4.78 is 3.05. The van der Waals surface area contributed by atoms with Gasteiger partial charge in [0.25, 0.3) is 0 Å². The minimum absolute atomic E-state index is 0.329. The first-order valence-electron chi connectivity index (χ1n) is 6.70. The van der Waals surface area contributed by atoms with E-state index in [1.807, 2.05) is 6.07 Å². The molecule has 1 N–H and O–H groups in total. The van der Waals surface area contributed by atoms with Gasteiger partial charge in [-0.1, -0.05) is 20.8 Å². The van der Waals surface area contributed by atoms with Crippen LogP contribution in [0.4, 0.5) is 5.82 Å². The molecule has 0 saturated carbocycles. The number of nitrogens with one attached hydrogen (secondary N) is 1. The van der Waals surface area contributed by atoms with Crippen molar-refractivity contribution in [3.63, 3.8) is 0 Å². The Labute approximate surface area is 154 Å². The van der Waals surface area contributed by atoms with Crippen molar-refractivity contribution >= 4 is 64.9 Å². The Morgan fingerprint density at radius 2 is 1.95 bits per heavy atom. The highest BCUT2D eigenvalue weighted by Crippen LogP contribution is 2.39. The molecule has 0 fully saturated rings. The fourth-order valence-corrected chi connectivity index (χ4v) is 4.52. The average Bonchev–Trinajstić information content (AvgIpc) is 2.77. The van der Waals surface area contributed by atoms with Crippen LogP contribution in [0, 0.1) is 0 Å². The molecule has 2 aromatic heterocycles. The van der Waals surface area contributed by atoms with E-state index < -0.39 is 0 Å². The summed E-state index contributed by atoms with van der Waals surface area (Å²) in [5.74, 6) is 1.96. The zero-order chi connectivity index (χ0) is 15.6. The third-order valence-electron chi connectivity index (χ3n) is 2.83. The molecular formula is C14H16Br3N3S. The van der Waals surface area contributed by atoms with Gasteiger partial charge in [-0.3, -0.25) is 0 Å². The first-order valence-corrected chi connectivity index (χ1v) is 9.90. The van der Waals surface area contributed by atoms with Crippen LogP contribution in [0.5, 0.6) is 0 Å². The first kappa shape index (κ1) is 17.4. The van der Waals surface area contributed by atoms with E-state index in [-0.39, 0.29) is 0 Å². The van der Waals surface area contributed by atoms with Gasteiger partial charge in [0, 0.05) is 11.0 Å². The summed E-state index contributed by atoms with van der Waals surface area (Å²) in [4.78, 5) is 10.5. The van der Waals surface area contributed by atoms with Crippen LogP contribution >= 0.6 is 59.1 Å². The largest absolute Gasteiger partial charge is 0.369 e. The molecule has 7 heteroatoms. The Kier molecular flexibility index (Phi) is 6.23. The molecule has 0 radical (unpaired) electrons. The van der Waals surface area contributed by atoms with Gasteiger partial charge in [-0.15, -0.1) is 11.3 Å². The van der Waals surface area contributed by atoms with E-state index in [1.54, 1.807) is 11.3 Å². The summed E-state index contributed by atoms with van der Waals surface area (Å²) in [5, 5.41) is 3.37. The number of nitrogens with zero attached hydrogens (tertiary/aromatic N) is 2. The second kappa shape index (κ2) is 7.53. The molecule has 0 bridgehead atoms. The van der Waals surface area contributed by atoms with Gasteiger partial charge in [0.05, 0.1) is 18.8 Å². The summed E-state index contributed by atoms with van der Waals surface area (Å²) in [6, 6.07) is 2.05. The Morgan fingerprint density at radius 3 is 2.48 bits per heavy atom. The molecule has 0 aliphatic heterocycles. The SMILES string of the molecule is CCCNc1nc(-c2cc(Br)c(Br)s2)nc(C(C)C)c1Br. The monoisotopic (exact) mass is 495 g/mol. The maximum atomic E-state index is 4.74. The van der Waals surface area contributed by atoms with E-state index >= 15 is 0 Å². The van der Waals surface area contributed by atoms with Crippen molar-refractivity contribution in [2.24, 2.45) is 0 Å². The lowest BCUT2D eigenvalue weighted by Crippen LogP contribution is -2.08. The van der Waals surface area contributed by atoms with Crippen molar-refractivity contribution in [2.75, 3.05) is 11.9 Å². The predicted octanol–water partition coefficient (Wildman–Crippen LogP) is 6.44. The molecule has 0 saturated heterocycles. The summed E-state index contributed by atoms with van der Waals surface area (Å²) in [6.45, 7) is 7.31. The number of aromatic nitrogens is 2. The van der Waals surface area contributed by atoms with Crippen molar-refractivity contribution in [1.29, 1.82) is 0 Å². The summed E-state index contributed by atoms with van der Waals surface area (Å²) in [6.07, 6.45) is 1.05. The second-order valence-corrected chi connectivity index (χ2v) is 8.93. The number of thiophene rings is 1. The number of halogens is 3. The lowest BCUT2D eigenvalue weighted by molar-refractivity contribution is 0.808. The molecule has 2 aromatic rings. The number of anilines is 1. The third kappa shape index (κ3) is 4.06. The zero-order valence-electron chi connectivity index (χ0n) is 12.0. The van der Waals surface area contributed by atoms with Crippen molar-refractivity contribution < 1.29 is 0 Å². The van der Waals surface area contributed by atoms with Gasteiger partial charge in [0.15, 0.2) is 5.82 Å². The lowest BCUT2D eigenvalue weighted by atomic mass is 10.1. The molecule has 21 heavy (non-hydrogen) atoms. The first-order chi connectivity index (χ1) is 9.93. The fourth-order valence-electron chi connectivity index (χ4n) is 1.77. The molecule has 0 aromatic carbocycles. The maximum Gasteiger partial charge on any atom is 0.172 e. The number of hydrogen-bond acceptors (Lipinski definition) is 4. The highest BCUT2D eigenvalue weighted by molar-refractivity contribution is 9.13. The summed E-state index contributed by atoms with van der Waals surface area (Å²) in [5.41, 5.74) is 1.03. The third-order valence-corrected chi connectivity index (χ3v) is 6.87. The van der Waals surface area contributed by atoms with E-state index in [1.165, 1.54) is 0 Å². The average molecular weight is 498 g/mol. The molecule has 0 spiro atoms. The van der Waals surface area contributed by atoms with Crippen LogP contribution in [0.25, 0.3) is 10.7 Å². The van der Waals surface area contributed by atoms with Crippen LogP contribution in [0.1, 0.15) is 38.8 Å². The second-order valence-electron chi connectivity index (χ2n) is 4.91.